The third-order valence-electron chi connectivity index (χ3n) is 3.87. The number of aryl methyl sites for hydroxylation is 1. The van der Waals surface area contributed by atoms with E-state index in [0.29, 0.717) is 40.8 Å². The first-order valence-electron chi connectivity index (χ1n) is 8.07. The molecule has 0 aromatic carbocycles. The predicted molar refractivity (Wildman–Crippen MR) is 97.7 cm³/mol. The summed E-state index contributed by atoms with van der Waals surface area (Å²) < 4.78 is 6.74. The van der Waals surface area contributed by atoms with Crippen LogP contribution >= 0.6 is 11.6 Å². The van der Waals surface area contributed by atoms with Gasteiger partial charge in [-0.1, -0.05) is 0 Å². The molecule has 136 valence electrons. The summed E-state index contributed by atoms with van der Waals surface area (Å²) in [6, 6.07) is 5.15. The molecule has 0 aliphatic rings. The van der Waals surface area contributed by atoms with Crippen molar-refractivity contribution in [1.29, 1.82) is 0 Å². The molecule has 3 aromatic heterocycles. The predicted octanol–water partition coefficient (Wildman–Crippen LogP) is 2.79. The van der Waals surface area contributed by atoms with Crippen molar-refractivity contribution < 1.29 is 9.21 Å². The number of furan rings is 1. The second kappa shape index (κ2) is 7.57. The van der Waals surface area contributed by atoms with Gasteiger partial charge in [0.15, 0.2) is 5.76 Å². The highest BCUT2D eigenvalue weighted by Crippen LogP contribution is 2.24. The van der Waals surface area contributed by atoms with Gasteiger partial charge in [-0.25, -0.2) is 4.98 Å². The number of carbonyl (C=O) groups is 1. The first-order chi connectivity index (χ1) is 12.5. The van der Waals surface area contributed by atoms with E-state index in [1.807, 2.05) is 0 Å². The zero-order valence-electron chi connectivity index (χ0n) is 14.4. The van der Waals surface area contributed by atoms with Crippen molar-refractivity contribution in [3.05, 3.63) is 46.1 Å². The molecule has 26 heavy (non-hydrogen) atoms. The van der Waals surface area contributed by atoms with Crippen LogP contribution in [0.15, 0.2) is 33.7 Å². The zero-order chi connectivity index (χ0) is 18.7. The molecular weight excluding hydrogens is 358 g/mol. The average molecular weight is 376 g/mol. The number of alkyl halides is 1. The minimum absolute atomic E-state index is 0.205. The van der Waals surface area contributed by atoms with Crippen LogP contribution < -0.4 is 10.9 Å². The second-order valence-corrected chi connectivity index (χ2v) is 6.12. The summed E-state index contributed by atoms with van der Waals surface area (Å²) in [4.78, 5) is 31.2. The molecule has 0 saturated carbocycles. The van der Waals surface area contributed by atoms with Crippen molar-refractivity contribution in [1.82, 2.24) is 19.7 Å². The van der Waals surface area contributed by atoms with Crippen LogP contribution in [0.4, 0.5) is 5.82 Å². The summed E-state index contributed by atoms with van der Waals surface area (Å²) in [6.07, 6.45) is 2.37. The summed E-state index contributed by atoms with van der Waals surface area (Å²) in [6.45, 7) is 3.43. The van der Waals surface area contributed by atoms with E-state index < -0.39 is 0 Å². The van der Waals surface area contributed by atoms with Crippen molar-refractivity contribution in [2.24, 2.45) is 0 Å². The highest BCUT2D eigenvalue weighted by molar-refractivity contribution is 6.18. The Morgan fingerprint density at radius 3 is 2.88 bits per heavy atom. The standard InChI is InChI=1S/C17H18ClN5O3/c1-10-11(2)19-17(21-16(10)25)23-14(20-15(24)6-3-7-18)9-12(22-23)13-5-4-8-26-13/h4-5,8-9H,3,6-7H2,1-2H3,(H,20,24)(H,19,21,25). The maximum absolute atomic E-state index is 12.1. The summed E-state index contributed by atoms with van der Waals surface area (Å²) in [5.74, 6) is 1.32. The Hall–Kier alpha value is -2.87. The number of hydrogen-bond donors (Lipinski definition) is 2. The molecule has 0 bridgehead atoms. The normalized spacial score (nSPS) is 10.9. The number of anilines is 1. The van der Waals surface area contributed by atoms with Gasteiger partial charge in [0, 0.05) is 29.6 Å². The molecule has 0 aliphatic carbocycles. The molecule has 0 unspecified atom stereocenters. The van der Waals surface area contributed by atoms with Gasteiger partial charge in [0.2, 0.25) is 11.9 Å². The van der Waals surface area contributed by atoms with Crippen LogP contribution in [-0.4, -0.2) is 31.5 Å². The van der Waals surface area contributed by atoms with Gasteiger partial charge in [-0.3, -0.25) is 14.6 Å². The lowest BCUT2D eigenvalue weighted by Crippen LogP contribution is -2.20. The SMILES string of the molecule is Cc1nc(-n2nc(-c3ccco3)cc2NC(=O)CCCCl)[nH]c(=O)c1C. The van der Waals surface area contributed by atoms with E-state index in [9.17, 15) is 9.59 Å². The summed E-state index contributed by atoms with van der Waals surface area (Å²) in [5, 5.41) is 7.20. The van der Waals surface area contributed by atoms with Crippen LogP contribution in [0.3, 0.4) is 0 Å². The first kappa shape index (κ1) is 17.9. The Morgan fingerprint density at radius 2 is 2.23 bits per heavy atom. The molecule has 0 spiro atoms. The van der Waals surface area contributed by atoms with E-state index in [1.165, 1.54) is 10.9 Å². The lowest BCUT2D eigenvalue weighted by Gasteiger charge is -2.09. The second-order valence-electron chi connectivity index (χ2n) is 5.74. The number of aromatic nitrogens is 4. The number of carbonyl (C=O) groups excluding carboxylic acids is 1. The molecule has 8 nitrogen and oxygen atoms in total. The Kier molecular flexibility index (Phi) is 5.22. The topological polar surface area (TPSA) is 106 Å². The quantitative estimate of drug-likeness (QED) is 0.644. The Bertz CT molecular complexity index is 975. The summed E-state index contributed by atoms with van der Waals surface area (Å²) >= 11 is 5.64. The Balaban J connectivity index is 2.04. The maximum Gasteiger partial charge on any atom is 0.255 e. The van der Waals surface area contributed by atoms with Gasteiger partial charge in [-0.15, -0.1) is 11.6 Å². The van der Waals surface area contributed by atoms with Crippen molar-refractivity contribution in [3.8, 4) is 17.4 Å². The number of aromatic amines is 1. The van der Waals surface area contributed by atoms with Gasteiger partial charge < -0.3 is 9.73 Å². The monoisotopic (exact) mass is 375 g/mol. The molecule has 3 rings (SSSR count). The highest BCUT2D eigenvalue weighted by Gasteiger charge is 2.17. The molecular formula is C17H18ClN5O3. The fraction of sp³-hybridized carbons (Fsp3) is 0.294. The fourth-order valence-corrected chi connectivity index (χ4v) is 2.47. The van der Waals surface area contributed by atoms with Crippen molar-refractivity contribution in [3.63, 3.8) is 0 Å². The number of H-pyrrole nitrogens is 1. The van der Waals surface area contributed by atoms with Gasteiger partial charge in [-0.05, 0) is 32.4 Å². The average Bonchev–Trinajstić information content (AvgIpc) is 3.27. The maximum atomic E-state index is 12.1. The highest BCUT2D eigenvalue weighted by atomic mass is 35.5. The van der Waals surface area contributed by atoms with Gasteiger partial charge in [-0.2, -0.15) is 9.78 Å². The van der Waals surface area contributed by atoms with Crippen LogP contribution in [0, 0.1) is 13.8 Å². The van der Waals surface area contributed by atoms with E-state index in [2.05, 4.69) is 20.4 Å². The number of hydrogen-bond acceptors (Lipinski definition) is 5. The first-order valence-corrected chi connectivity index (χ1v) is 8.60. The van der Waals surface area contributed by atoms with Crippen molar-refractivity contribution >= 4 is 23.3 Å². The molecule has 1 amide bonds. The van der Waals surface area contributed by atoms with Crippen LogP contribution in [-0.2, 0) is 4.79 Å². The van der Waals surface area contributed by atoms with E-state index in [-0.39, 0.29) is 23.8 Å². The molecule has 0 saturated heterocycles. The number of nitrogens with one attached hydrogen (secondary N) is 2. The van der Waals surface area contributed by atoms with Gasteiger partial charge in [0.1, 0.15) is 11.5 Å². The smallest absolute Gasteiger partial charge is 0.255 e. The van der Waals surface area contributed by atoms with Crippen molar-refractivity contribution in [2.45, 2.75) is 26.7 Å². The van der Waals surface area contributed by atoms with Gasteiger partial charge in [0.05, 0.1) is 6.26 Å². The van der Waals surface area contributed by atoms with E-state index >= 15 is 0 Å². The molecule has 0 atom stereocenters. The fourth-order valence-electron chi connectivity index (χ4n) is 2.34. The summed E-state index contributed by atoms with van der Waals surface area (Å²) in [5.41, 5.74) is 1.35. The van der Waals surface area contributed by atoms with E-state index in [1.54, 1.807) is 32.0 Å². The third-order valence-corrected chi connectivity index (χ3v) is 4.14. The minimum atomic E-state index is -0.262. The lowest BCUT2D eigenvalue weighted by atomic mass is 10.3. The molecule has 0 radical (unpaired) electrons. The summed E-state index contributed by atoms with van der Waals surface area (Å²) in [7, 11) is 0. The van der Waals surface area contributed by atoms with Crippen LogP contribution in [0.2, 0.25) is 0 Å². The number of rotatable bonds is 6. The van der Waals surface area contributed by atoms with E-state index in [4.69, 9.17) is 16.0 Å². The lowest BCUT2D eigenvalue weighted by molar-refractivity contribution is -0.116. The molecule has 0 fully saturated rings. The Morgan fingerprint density at radius 1 is 1.42 bits per heavy atom. The molecule has 9 heteroatoms. The largest absolute Gasteiger partial charge is 0.463 e. The van der Waals surface area contributed by atoms with Crippen LogP contribution in [0.5, 0.6) is 0 Å². The zero-order valence-corrected chi connectivity index (χ0v) is 15.1. The van der Waals surface area contributed by atoms with Crippen molar-refractivity contribution in [2.75, 3.05) is 11.2 Å². The van der Waals surface area contributed by atoms with Gasteiger partial charge >= 0.3 is 0 Å². The molecule has 3 heterocycles. The number of nitrogens with zero attached hydrogens (tertiary/aromatic N) is 3. The van der Waals surface area contributed by atoms with Crippen LogP contribution in [0.25, 0.3) is 17.4 Å². The number of amides is 1. The van der Waals surface area contributed by atoms with Crippen LogP contribution in [0.1, 0.15) is 24.1 Å². The molecule has 3 aromatic rings. The minimum Gasteiger partial charge on any atom is -0.463 e. The third kappa shape index (κ3) is 3.70. The van der Waals surface area contributed by atoms with Gasteiger partial charge in [0.25, 0.3) is 5.56 Å². The Labute approximate surface area is 154 Å². The molecule has 2 N–H and O–H groups in total. The number of halogens is 1. The molecule has 0 aliphatic heterocycles. The van der Waals surface area contributed by atoms with E-state index in [0.717, 1.165) is 0 Å².